The van der Waals surface area contributed by atoms with Gasteiger partial charge in [-0.3, -0.25) is 9.36 Å². The van der Waals surface area contributed by atoms with Gasteiger partial charge in [-0.1, -0.05) is 17.7 Å². The Morgan fingerprint density at radius 2 is 2.02 bits per heavy atom. The first kappa shape index (κ1) is 27.5. The Balaban J connectivity index is 1.26. The van der Waals surface area contributed by atoms with Crippen LogP contribution in [0.25, 0.3) is 5.95 Å². The van der Waals surface area contributed by atoms with E-state index in [0.29, 0.717) is 50.2 Å². The molecule has 2 aromatic heterocycles. The molecule has 0 radical (unpaired) electrons. The lowest BCUT2D eigenvalue weighted by atomic mass is 10.1. The number of halogens is 1. The first-order chi connectivity index (χ1) is 19.5. The topological polar surface area (TPSA) is 133 Å². The van der Waals surface area contributed by atoms with E-state index < -0.39 is 6.09 Å². The minimum Gasteiger partial charge on any atom is -0.454 e. The molecule has 0 aliphatic carbocycles. The molecule has 0 saturated carbocycles. The molecule has 1 saturated heterocycles. The highest BCUT2D eigenvalue weighted by atomic mass is 35.5. The molecule has 0 spiro atoms. The molecule has 1 fully saturated rings. The average molecular weight is 572 g/mol. The highest BCUT2D eigenvalue weighted by Crippen LogP contribution is 2.32. The van der Waals surface area contributed by atoms with Gasteiger partial charge in [0, 0.05) is 58.2 Å². The molecule has 1 N–H and O–H groups in total. The summed E-state index contributed by atoms with van der Waals surface area (Å²) in [7, 11) is 1.54. The summed E-state index contributed by atoms with van der Waals surface area (Å²) in [5.41, 5.74) is 1.02. The van der Waals surface area contributed by atoms with E-state index in [-0.39, 0.29) is 43.5 Å². The van der Waals surface area contributed by atoms with Crippen LogP contribution in [0.15, 0.2) is 43.0 Å². The fourth-order valence-electron chi connectivity index (χ4n) is 4.56. The van der Waals surface area contributed by atoms with Crippen LogP contribution in [0.5, 0.6) is 11.5 Å². The van der Waals surface area contributed by atoms with Crippen LogP contribution in [-0.4, -0.2) is 95.8 Å². The van der Waals surface area contributed by atoms with Crippen LogP contribution in [0.2, 0.25) is 5.15 Å². The van der Waals surface area contributed by atoms with Crippen molar-refractivity contribution in [3.63, 3.8) is 0 Å². The quantitative estimate of drug-likeness (QED) is 0.285. The summed E-state index contributed by atoms with van der Waals surface area (Å²) < 4.78 is 22.7. The standard InChI is InChI=1S/C26H30ClN7O6/c1-37-10-11-38-26(36)32-8-9-34(23-14-22(27)30-25(31-23)33-7-6-28-16-33)19(15-32)13-24(35)29-5-4-18-2-3-20-21(12-18)40-17-39-20/h2-3,6-7,12,14,16,19H,4-5,8-11,13,15,17H2,1H3,(H,29,35). The number of benzene rings is 1. The van der Waals surface area contributed by atoms with Gasteiger partial charge in [0.25, 0.3) is 0 Å². The van der Waals surface area contributed by atoms with Gasteiger partial charge in [-0.25, -0.2) is 14.8 Å². The van der Waals surface area contributed by atoms with E-state index >= 15 is 0 Å². The molecule has 5 rings (SSSR count). The maximum Gasteiger partial charge on any atom is 0.409 e. The van der Waals surface area contributed by atoms with E-state index in [0.717, 1.165) is 11.3 Å². The third-order valence-electron chi connectivity index (χ3n) is 6.55. The third-order valence-corrected chi connectivity index (χ3v) is 6.74. The number of hydrogen-bond acceptors (Lipinski definition) is 10. The van der Waals surface area contributed by atoms with Crippen LogP contribution in [0.3, 0.4) is 0 Å². The van der Waals surface area contributed by atoms with Gasteiger partial charge in [0.15, 0.2) is 11.5 Å². The van der Waals surface area contributed by atoms with Gasteiger partial charge in [-0.2, -0.15) is 4.98 Å². The lowest BCUT2D eigenvalue weighted by Crippen LogP contribution is -2.56. The van der Waals surface area contributed by atoms with Crippen molar-refractivity contribution < 1.29 is 28.5 Å². The summed E-state index contributed by atoms with van der Waals surface area (Å²) in [6.07, 6.45) is 5.22. The number of nitrogens with zero attached hydrogens (tertiary/aromatic N) is 6. The smallest absolute Gasteiger partial charge is 0.409 e. The van der Waals surface area contributed by atoms with E-state index in [1.807, 2.05) is 23.1 Å². The second kappa shape index (κ2) is 12.8. The molecule has 212 valence electrons. The van der Waals surface area contributed by atoms with E-state index in [4.69, 9.17) is 30.5 Å². The maximum absolute atomic E-state index is 13.1. The van der Waals surface area contributed by atoms with Gasteiger partial charge >= 0.3 is 6.09 Å². The van der Waals surface area contributed by atoms with Gasteiger partial charge in [-0.05, 0) is 24.1 Å². The summed E-state index contributed by atoms with van der Waals surface area (Å²) in [6, 6.07) is 7.01. The predicted molar refractivity (Wildman–Crippen MR) is 144 cm³/mol. The van der Waals surface area contributed by atoms with Crippen LogP contribution in [0.4, 0.5) is 10.6 Å². The number of aromatic nitrogens is 4. The molecule has 40 heavy (non-hydrogen) atoms. The number of imidazole rings is 1. The molecule has 1 aromatic carbocycles. The number of methoxy groups -OCH3 is 1. The zero-order chi connectivity index (χ0) is 27.9. The van der Waals surface area contributed by atoms with Gasteiger partial charge in [0.1, 0.15) is 23.9 Å². The largest absolute Gasteiger partial charge is 0.454 e. The minimum atomic E-state index is -0.454. The Kier molecular flexibility index (Phi) is 8.81. The minimum absolute atomic E-state index is 0.130. The Hall–Kier alpha value is -4.10. The Morgan fingerprint density at radius 3 is 2.85 bits per heavy atom. The van der Waals surface area contributed by atoms with Gasteiger partial charge in [0.2, 0.25) is 18.6 Å². The first-order valence-corrected chi connectivity index (χ1v) is 13.2. The lowest BCUT2D eigenvalue weighted by Gasteiger charge is -2.41. The molecule has 0 bridgehead atoms. The van der Waals surface area contributed by atoms with Gasteiger partial charge < -0.3 is 34.1 Å². The van der Waals surface area contributed by atoms with Crippen molar-refractivity contribution in [2.75, 3.05) is 58.2 Å². The second-order valence-corrected chi connectivity index (χ2v) is 9.60. The van der Waals surface area contributed by atoms with E-state index in [2.05, 4.69) is 20.3 Å². The van der Waals surface area contributed by atoms with Crippen LogP contribution in [-0.2, 0) is 20.7 Å². The summed E-state index contributed by atoms with van der Waals surface area (Å²) in [5.74, 6) is 2.18. The number of hydrogen-bond donors (Lipinski definition) is 1. The third kappa shape index (κ3) is 6.72. The summed E-state index contributed by atoms with van der Waals surface area (Å²) in [6.45, 7) is 2.18. The molecular weight excluding hydrogens is 542 g/mol. The van der Waals surface area contributed by atoms with E-state index in [9.17, 15) is 9.59 Å². The molecule has 2 aliphatic rings. The van der Waals surface area contributed by atoms with Crippen LogP contribution in [0, 0.1) is 0 Å². The number of anilines is 1. The molecule has 1 atom stereocenters. The monoisotopic (exact) mass is 571 g/mol. The fourth-order valence-corrected chi connectivity index (χ4v) is 4.74. The molecule has 4 heterocycles. The van der Waals surface area contributed by atoms with Crippen molar-refractivity contribution in [1.29, 1.82) is 0 Å². The van der Waals surface area contributed by atoms with Gasteiger partial charge in [-0.15, -0.1) is 0 Å². The maximum atomic E-state index is 13.1. The average Bonchev–Trinajstić information content (AvgIpc) is 3.65. The molecule has 13 nitrogen and oxygen atoms in total. The number of carbonyl (C=O) groups excluding carboxylic acids is 2. The Labute approximate surface area is 236 Å². The molecule has 2 aliphatic heterocycles. The zero-order valence-corrected chi connectivity index (χ0v) is 22.7. The second-order valence-electron chi connectivity index (χ2n) is 9.21. The lowest BCUT2D eigenvalue weighted by molar-refractivity contribution is -0.121. The van der Waals surface area contributed by atoms with Crippen molar-refractivity contribution in [3.8, 4) is 17.4 Å². The molecule has 2 amide bonds. The van der Waals surface area contributed by atoms with Crippen LogP contribution >= 0.6 is 11.6 Å². The molecule has 14 heteroatoms. The number of carbonyl (C=O) groups is 2. The highest BCUT2D eigenvalue weighted by molar-refractivity contribution is 6.29. The Morgan fingerprint density at radius 1 is 1.15 bits per heavy atom. The number of nitrogens with one attached hydrogen (secondary N) is 1. The van der Waals surface area contributed by atoms with Crippen LogP contribution in [0.1, 0.15) is 12.0 Å². The fraction of sp³-hybridized carbons (Fsp3) is 0.423. The number of fused-ring (bicyclic) bond motifs is 1. The number of amides is 2. The van der Waals surface area contributed by atoms with Gasteiger partial charge in [0.05, 0.1) is 12.6 Å². The number of rotatable bonds is 10. The van der Waals surface area contributed by atoms with Crippen LogP contribution < -0.4 is 19.7 Å². The van der Waals surface area contributed by atoms with Crippen molar-refractivity contribution in [1.82, 2.24) is 29.7 Å². The predicted octanol–water partition coefficient (Wildman–Crippen LogP) is 2.07. The van der Waals surface area contributed by atoms with Crippen molar-refractivity contribution >= 4 is 29.4 Å². The van der Waals surface area contributed by atoms with Crippen molar-refractivity contribution in [2.45, 2.75) is 18.9 Å². The zero-order valence-electron chi connectivity index (χ0n) is 22.0. The molecule has 3 aromatic rings. The summed E-state index contributed by atoms with van der Waals surface area (Å²) in [5, 5.41) is 3.24. The summed E-state index contributed by atoms with van der Waals surface area (Å²) >= 11 is 6.35. The summed E-state index contributed by atoms with van der Waals surface area (Å²) in [4.78, 5) is 42.3. The normalized spacial score (nSPS) is 16.2. The van der Waals surface area contributed by atoms with E-state index in [1.165, 1.54) is 0 Å². The SMILES string of the molecule is COCCOC(=O)N1CCN(c2cc(Cl)nc(-n3ccnc3)n2)C(CC(=O)NCCc2ccc3c(c2)OCO3)C1. The molecular formula is C26H30ClN7O6. The first-order valence-electron chi connectivity index (χ1n) is 12.9. The van der Waals surface area contributed by atoms with E-state index in [1.54, 1.807) is 41.4 Å². The highest BCUT2D eigenvalue weighted by Gasteiger charge is 2.33. The Bertz CT molecular complexity index is 1320. The number of piperazine rings is 1. The number of ether oxygens (including phenoxy) is 4. The van der Waals surface area contributed by atoms with Crippen molar-refractivity contribution in [2.24, 2.45) is 0 Å². The molecule has 1 unspecified atom stereocenters. The van der Waals surface area contributed by atoms with Crippen molar-refractivity contribution in [3.05, 3.63) is 53.7 Å².